The Kier molecular flexibility index (Phi) is 3.73. The molecule has 4 atom stereocenters. The molecule has 3 fully saturated rings. The fourth-order valence-corrected chi connectivity index (χ4v) is 5.26. The fraction of sp³-hybridized carbons (Fsp3) is 0.545. The molecule has 0 N–H and O–H groups in total. The van der Waals surface area contributed by atoms with E-state index in [9.17, 15) is 9.59 Å². The molecular weight excluding hydrogens is 340 g/mol. The number of carbonyl (C=O) groups excluding carboxylic acids is 2. The summed E-state index contributed by atoms with van der Waals surface area (Å²) in [7, 11) is 0. The maximum atomic E-state index is 13.3. The number of benzene rings is 1. The minimum Gasteiger partial charge on any atom is -0.360 e. The molecule has 5 rings (SSSR count). The monoisotopic (exact) mass is 366 g/mol. The third-order valence-electron chi connectivity index (χ3n) is 6.83. The topological polar surface area (TPSA) is 49.9 Å². The molecule has 27 heavy (non-hydrogen) atoms. The third-order valence-corrected chi connectivity index (χ3v) is 6.83. The molecular formula is C22H26N2O3. The van der Waals surface area contributed by atoms with Gasteiger partial charge in [0.1, 0.15) is 5.60 Å². The quantitative estimate of drug-likeness (QED) is 0.771. The van der Waals surface area contributed by atoms with Gasteiger partial charge in [0.25, 0.3) is 0 Å². The Morgan fingerprint density at radius 2 is 2.00 bits per heavy atom. The molecule has 4 aliphatic heterocycles. The van der Waals surface area contributed by atoms with Gasteiger partial charge in [-0.15, -0.1) is 0 Å². The van der Waals surface area contributed by atoms with Crippen LogP contribution in [-0.2, 0) is 20.9 Å². The SMILES string of the molecule is Cc1ccc(CN2C[C@]34C=C[C@H](O3)C(C(=O)N3CCCC3)C4C2=O)cc1C. The van der Waals surface area contributed by atoms with Crippen molar-refractivity contribution < 1.29 is 14.3 Å². The number of carbonyl (C=O) groups is 2. The first-order valence-corrected chi connectivity index (χ1v) is 9.99. The summed E-state index contributed by atoms with van der Waals surface area (Å²) < 4.78 is 6.24. The smallest absolute Gasteiger partial charge is 0.230 e. The molecule has 2 amide bonds. The Labute approximate surface area is 160 Å². The van der Waals surface area contributed by atoms with Gasteiger partial charge in [-0.1, -0.05) is 30.4 Å². The molecule has 142 valence electrons. The summed E-state index contributed by atoms with van der Waals surface area (Å²) in [6.45, 7) is 6.93. The number of hydrogen-bond acceptors (Lipinski definition) is 3. The number of likely N-dealkylation sites (tertiary alicyclic amines) is 2. The lowest BCUT2D eigenvalue weighted by molar-refractivity contribution is -0.142. The van der Waals surface area contributed by atoms with Crippen molar-refractivity contribution in [2.24, 2.45) is 11.8 Å². The van der Waals surface area contributed by atoms with Gasteiger partial charge >= 0.3 is 0 Å². The van der Waals surface area contributed by atoms with Gasteiger partial charge in [0.15, 0.2) is 0 Å². The number of nitrogens with zero attached hydrogens (tertiary/aromatic N) is 2. The van der Waals surface area contributed by atoms with Gasteiger partial charge in [0.2, 0.25) is 11.8 Å². The molecule has 0 radical (unpaired) electrons. The summed E-state index contributed by atoms with van der Waals surface area (Å²) in [5.41, 5.74) is 3.00. The van der Waals surface area contributed by atoms with Crippen molar-refractivity contribution in [1.29, 1.82) is 0 Å². The third kappa shape index (κ3) is 2.48. The first-order valence-electron chi connectivity index (χ1n) is 9.99. The van der Waals surface area contributed by atoms with Crippen LogP contribution in [0.5, 0.6) is 0 Å². The van der Waals surface area contributed by atoms with E-state index in [1.807, 2.05) is 22.0 Å². The highest BCUT2D eigenvalue weighted by atomic mass is 16.5. The van der Waals surface area contributed by atoms with Crippen LogP contribution in [0.15, 0.2) is 30.4 Å². The molecule has 0 saturated carbocycles. The predicted octanol–water partition coefficient (Wildman–Crippen LogP) is 2.21. The summed E-state index contributed by atoms with van der Waals surface area (Å²) in [5, 5.41) is 0. The second kappa shape index (κ2) is 5.93. The number of aryl methyl sites for hydroxylation is 2. The van der Waals surface area contributed by atoms with E-state index in [-0.39, 0.29) is 29.8 Å². The summed E-state index contributed by atoms with van der Waals surface area (Å²) >= 11 is 0. The van der Waals surface area contributed by atoms with Gasteiger partial charge in [-0.2, -0.15) is 0 Å². The van der Waals surface area contributed by atoms with Crippen LogP contribution >= 0.6 is 0 Å². The number of ether oxygens (including phenoxy) is 1. The lowest BCUT2D eigenvalue weighted by Gasteiger charge is -2.27. The zero-order chi connectivity index (χ0) is 18.8. The van der Waals surface area contributed by atoms with Crippen molar-refractivity contribution in [3.05, 3.63) is 47.0 Å². The summed E-state index contributed by atoms with van der Waals surface area (Å²) in [6, 6.07) is 6.34. The van der Waals surface area contributed by atoms with Crippen LogP contribution < -0.4 is 0 Å². The van der Waals surface area contributed by atoms with Gasteiger partial charge in [-0.3, -0.25) is 9.59 Å². The van der Waals surface area contributed by atoms with Crippen LogP contribution in [0.3, 0.4) is 0 Å². The Hall–Kier alpha value is -2.14. The lowest BCUT2D eigenvalue weighted by Crippen LogP contribution is -2.45. The van der Waals surface area contributed by atoms with E-state index >= 15 is 0 Å². The second-order valence-electron chi connectivity index (χ2n) is 8.55. The zero-order valence-corrected chi connectivity index (χ0v) is 16.0. The van der Waals surface area contributed by atoms with E-state index in [2.05, 4.69) is 32.0 Å². The molecule has 4 aliphatic rings. The second-order valence-corrected chi connectivity index (χ2v) is 8.55. The highest BCUT2D eigenvalue weighted by Crippen LogP contribution is 2.52. The fourth-order valence-electron chi connectivity index (χ4n) is 5.26. The van der Waals surface area contributed by atoms with E-state index in [4.69, 9.17) is 4.74 Å². The molecule has 3 saturated heterocycles. The Bertz CT molecular complexity index is 842. The van der Waals surface area contributed by atoms with Crippen LogP contribution in [0.2, 0.25) is 0 Å². The number of fused-ring (bicyclic) bond motifs is 1. The molecule has 5 heteroatoms. The van der Waals surface area contributed by atoms with Crippen LogP contribution in [0.1, 0.15) is 29.5 Å². The van der Waals surface area contributed by atoms with Gasteiger partial charge in [-0.05, 0) is 43.4 Å². The molecule has 5 nitrogen and oxygen atoms in total. The number of rotatable bonds is 3. The number of hydrogen-bond donors (Lipinski definition) is 0. The Morgan fingerprint density at radius 1 is 1.22 bits per heavy atom. The zero-order valence-electron chi connectivity index (χ0n) is 16.0. The minimum atomic E-state index is -0.610. The highest BCUT2D eigenvalue weighted by molar-refractivity contribution is 5.93. The molecule has 4 heterocycles. The summed E-state index contributed by atoms with van der Waals surface area (Å²) in [6.07, 6.45) is 5.91. The van der Waals surface area contributed by atoms with E-state index in [0.717, 1.165) is 31.5 Å². The van der Waals surface area contributed by atoms with Gasteiger partial charge in [0, 0.05) is 19.6 Å². The maximum absolute atomic E-state index is 13.3. The van der Waals surface area contributed by atoms with Gasteiger partial charge < -0.3 is 14.5 Å². The van der Waals surface area contributed by atoms with Crippen molar-refractivity contribution in [1.82, 2.24) is 9.80 Å². The molecule has 2 unspecified atom stereocenters. The normalized spacial score (nSPS) is 34.0. The van der Waals surface area contributed by atoms with Crippen molar-refractivity contribution in [3.8, 4) is 0 Å². The Balaban J connectivity index is 1.40. The summed E-state index contributed by atoms with van der Waals surface area (Å²) in [4.78, 5) is 30.2. The van der Waals surface area contributed by atoms with E-state index in [1.54, 1.807) is 0 Å². The number of amides is 2. The van der Waals surface area contributed by atoms with Crippen molar-refractivity contribution >= 4 is 11.8 Å². The first kappa shape index (κ1) is 17.0. The van der Waals surface area contributed by atoms with E-state index in [1.165, 1.54) is 11.1 Å². The van der Waals surface area contributed by atoms with Crippen molar-refractivity contribution in [2.75, 3.05) is 19.6 Å². The molecule has 2 bridgehead atoms. The van der Waals surface area contributed by atoms with E-state index < -0.39 is 5.60 Å². The predicted molar refractivity (Wildman–Crippen MR) is 101 cm³/mol. The van der Waals surface area contributed by atoms with Crippen LogP contribution in [0.4, 0.5) is 0 Å². The van der Waals surface area contributed by atoms with Crippen molar-refractivity contribution in [2.45, 2.75) is 44.9 Å². The maximum Gasteiger partial charge on any atom is 0.230 e. The molecule has 1 aromatic rings. The van der Waals surface area contributed by atoms with Crippen LogP contribution in [0, 0.1) is 25.7 Å². The average Bonchev–Trinajstić information content (AvgIpc) is 3.40. The van der Waals surface area contributed by atoms with Crippen molar-refractivity contribution in [3.63, 3.8) is 0 Å². The van der Waals surface area contributed by atoms with Gasteiger partial charge in [-0.25, -0.2) is 0 Å². The molecule has 1 spiro atoms. The average molecular weight is 366 g/mol. The lowest BCUT2D eigenvalue weighted by atomic mass is 9.76. The molecule has 0 aromatic heterocycles. The standard InChI is InChI=1S/C22H26N2O3/c1-14-5-6-16(11-15(14)2)12-24-13-22-8-7-17(27-22)18(19(22)21(24)26)20(25)23-9-3-4-10-23/h5-8,11,17-19H,3-4,9-10,12-13H2,1-2H3/t17-,18?,19?,22-/m0/s1. The minimum absolute atomic E-state index is 0.0672. The largest absolute Gasteiger partial charge is 0.360 e. The van der Waals surface area contributed by atoms with Crippen LogP contribution in [0.25, 0.3) is 0 Å². The molecule has 1 aromatic carbocycles. The first-order chi connectivity index (χ1) is 13.0. The van der Waals surface area contributed by atoms with E-state index in [0.29, 0.717) is 13.1 Å². The Morgan fingerprint density at radius 3 is 2.74 bits per heavy atom. The highest BCUT2D eigenvalue weighted by Gasteiger charge is 2.67. The van der Waals surface area contributed by atoms with Gasteiger partial charge in [0.05, 0.1) is 24.5 Å². The molecule has 0 aliphatic carbocycles. The summed E-state index contributed by atoms with van der Waals surface area (Å²) in [5.74, 6) is -0.551. The van der Waals surface area contributed by atoms with Crippen LogP contribution in [-0.4, -0.2) is 53.0 Å².